The summed E-state index contributed by atoms with van der Waals surface area (Å²) in [5, 5.41) is 9.88. The fourth-order valence-corrected chi connectivity index (χ4v) is 5.88. The number of nitrogens with two attached hydrogens (primary N) is 2. The summed E-state index contributed by atoms with van der Waals surface area (Å²) in [6.45, 7) is 2.05. The Morgan fingerprint density at radius 1 is 1.07 bits per heavy atom. The Balaban J connectivity index is 0.000000223. The van der Waals surface area contributed by atoms with E-state index in [1.54, 1.807) is 17.5 Å². The molecule has 0 aliphatic heterocycles. The summed E-state index contributed by atoms with van der Waals surface area (Å²) in [6.07, 6.45) is 7.35. The number of aromatic nitrogens is 5. The number of fused-ring (bicyclic) bond motifs is 2. The lowest BCUT2D eigenvalue weighted by Gasteiger charge is -2.12. The van der Waals surface area contributed by atoms with Gasteiger partial charge >= 0.3 is 0 Å². The number of amides is 1. The van der Waals surface area contributed by atoms with Gasteiger partial charge in [0.2, 0.25) is 0 Å². The van der Waals surface area contributed by atoms with E-state index in [1.165, 1.54) is 17.5 Å². The predicted octanol–water partition coefficient (Wildman–Crippen LogP) is 5.43. The number of benzene rings is 2. The molecule has 10 nitrogen and oxygen atoms in total. The van der Waals surface area contributed by atoms with Crippen molar-refractivity contribution in [3.8, 4) is 33.5 Å². The van der Waals surface area contributed by atoms with E-state index in [-0.39, 0.29) is 5.56 Å². The molecular formula is C32H26FN7O3S. The van der Waals surface area contributed by atoms with E-state index in [9.17, 15) is 14.0 Å². The summed E-state index contributed by atoms with van der Waals surface area (Å²) in [7, 11) is 0. The Hall–Kier alpha value is -5.49. The lowest BCUT2D eigenvalue weighted by molar-refractivity contribution is 0.0996. The van der Waals surface area contributed by atoms with Crippen molar-refractivity contribution < 1.29 is 19.1 Å². The van der Waals surface area contributed by atoms with Crippen molar-refractivity contribution in [2.24, 2.45) is 5.73 Å². The second-order valence-electron chi connectivity index (χ2n) is 10.2. The topological polar surface area (TPSA) is 163 Å². The molecule has 0 atom stereocenters. The van der Waals surface area contributed by atoms with Crippen LogP contribution in [0, 0.1) is 12.7 Å². The van der Waals surface area contributed by atoms with E-state index in [2.05, 4.69) is 39.7 Å². The van der Waals surface area contributed by atoms with E-state index in [0.29, 0.717) is 18.2 Å². The highest BCUT2D eigenvalue weighted by Gasteiger charge is 2.21. The monoisotopic (exact) mass is 607 g/mol. The number of pyridine rings is 2. The number of rotatable bonds is 5. The Kier molecular flexibility index (Phi) is 7.58. The van der Waals surface area contributed by atoms with Crippen molar-refractivity contribution in [3.63, 3.8) is 0 Å². The molecule has 4 aromatic heterocycles. The van der Waals surface area contributed by atoms with Crippen molar-refractivity contribution in [1.82, 2.24) is 24.5 Å². The fourth-order valence-electron chi connectivity index (χ4n) is 5.14. The van der Waals surface area contributed by atoms with Gasteiger partial charge in [-0.3, -0.25) is 14.2 Å². The van der Waals surface area contributed by atoms with Crippen molar-refractivity contribution in [3.05, 3.63) is 99.9 Å². The second kappa shape index (κ2) is 11.7. The number of nitrogen functional groups attached to an aromatic ring is 1. The second-order valence-corrected chi connectivity index (χ2v) is 11.4. The van der Waals surface area contributed by atoms with Crippen molar-refractivity contribution in [2.75, 3.05) is 5.73 Å². The molecule has 2 aromatic carbocycles. The van der Waals surface area contributed by atoms with Gasteiger partial charge in [-0.15, -0.1) is 11.3 Å². The van der Waals surface area contributed by atoms with Gasteiger partial charge in [-0.05, 0) is 79.8 Å². The summed E-state index contributed by atoms with van der Waals surface area (Å²) in [5.41, 5.74) is 17.6. The molecule has 44 heavy (non-hydrogen) atoms. The molecule has 1 aliphatic carbocycles. The highest BCUT2D eigenvalue weighted by molar-refractivity contribution is 7.14. The fraction of sp³-hybridized carbons (Fsp3) is 0.125. The van der Waals surface area contributed by atoms with Crippen LogP contribution in [0.5, 0.6) is 5.75 Å². The number of primary amides is 1. The Labute approximate surface area is 254 Å². The van der Waals surface area contributed by atoms with Gasteiger partial charge in [-0.25, -0.2) is 24.3 Å². The normalized spacial score (nSPS) is 12.0. The zero-order valence-corrected chi connectivity index (χ0v) is 24.3. The van der Waals surface area contributed by atoms with Gasteiger partial charge in [0.15, 0.2) is 17.8 Å². The molecule has 0 spiro atoms. The third kappa shape index (κ3) is 5.38. The lowest BCUT2D eigenvalue weighted by atomic mass is 10.1. The molecule has 0 radical (unpaired) electrons. The summed E-state index contributed by atoms with van der Waals surface area (Å²) in [6, 6.07) is 16.1. The highest BCUT2D eigenvalue weighted by atomic mass is 32.1. The van der Waals surface area contributed by atoms with Crippen molar-refractivity contribution >= 4 is 40.5 Å². The van der Waals surface area contributed by atoms with Crippen molar-refractivity contribution in [2.45, 2.75) is 26.2 Å². The summed E-state index contributed by atoms with van der Waals surface area (Å²) >= 11 is 1.64. The molecule has 12 heteroatoms. The first-order valence-corrected chi connectivity index (χ1v) is 14.5. The minimum Gasteiger partial charge on any atom is -0.507 e. The van der Waals surface area contributed by atoms with Crippen LogP contribution in [0.1, 0.15) is 43.1 Å². The molecule has 6 aromatic rings. The molecule has 4 heterocycles. The summed E-state index contributed by atoms with van der Waals surface area (Å²) < 4.78 is 14.9. The number of anilines is 1. The minimum absolute atomic E-state index is 0.171. The predicted molar refractivity (Wildman–Crippen MR) is 166 cm³/mol. The first kappa shape index (κ1) is 28.6. The Morgan fingerprint density at radius 2 is 1.89 bits per heavy atom. The number of carbonyl (C=O) groups excluding carboxylic acids is 2. The van der Waals surface area contributed by atoms with Crippen LogP contribution in [-0.4, -0.2) is 41.8 Å². The number of hydrogen-bond acceptors (Lipinski definition) is 9. The molecule has 5 N–H and O–H groups in total. The largest absolute Gasteiger partial charge is 0.507 e. The van der Waals surface area contributed by atoms with Crippen LogP contribution in [0.3, 0.4) is 0 Å². The van der Waals surface area contributed by atoms with Crippen molar-refractivity contribution in [1.29, 1.82) is 0 Å². The third-order valence-corrected chi connectivity index (χ3v) is 8.21. The number of thiazole rings is 1. The molecule has 0 saturated carbocycles. The van der Waals surface area contributed by atoms with Gasteiger partial charge in [0, 0.05) is 29.0 Å². The van der Waals surface area contributed by atoms with Crippen LogP contribution in [0.2, 0.25) is 0 Å². The van der Waals surface area contributed by atoms with Gasteiger partial charge in [0.1, 0.15) is 33.6 Å². The Bertz CT molecular complexity index is 2070. The van der Waals surface area contributed by atoms with Crippen LogP contribution in [0.25, 0.3) is 38.9 Å². The molecule has 0 unspecified atom stereocenters. The summed E-state index contributed by atoms with van der Waals surface area (Å²) in [4.78, 5) is 40.7. The van der Waals surface area contributed by atoms with Crippen LogP contribution in [0.15, 0.2) is 67.0 Å². The smallest absolute Gasteiger partial charge is 0.251 e. The quantitative estimate of drug-likeness (QED) is 0.219. The van der Waals surface area contributed by atoms with Gasteiger partial charge in [-0.2, -0.15) is 0 Å². The average molecular weight is 608 g/mol. The zero-order chi connectivity index (χ0) is 31.0. The molecule has 1 aliphatic rings. The van der Waals surface area contributed by atoms with Gasteiger partial charge in [-0.1, -0.05) is 6.07 Å². The van der Waals surface area contributed by atoms with E-state index in [4.69, 9.17) is 26.5 Å². The highest BCUT2D eigenvalue weighted by Crippen LogP contribution is 2.34. The molecule has 0 fully saturated rings. The van der Waals surface area contributed by atoms with E-state index < -0.39 is 23.0 Å². The number of hydrogen-bond donors (Lipinski definition) is 3. The van der Waals surface area contributed by atoms with E-state index in [1.807, 2.05) is 30.5 Å². The molecular weight excluding hydrogens is 581 g/mol. The van der Waals surface area contributed by atoms with Gasteiger partial charge < -0.3 is 16.6 Å². The molecule has 0 bridgehead atoms. The maximum absolute atomic E-state index is 12.8. The van der Waals surface area contributed by atoms with Crippen LogP contribution in [0.4, 0.5) is 10.2 Å². The number of phenols is 1. The number of halogens is 1. The van der Waals surface area contributed by atoms with Gasteiger partial charge in [0.05, 0.1) is 16.7 Å². The number of aldehydes is 1. The number of imidazole rings is 1. The zero-order valence-electron chi connectivity index (χ0n) is 23.5. The number of aryl methyl sites for hydroxylation is 3. The first-order valence-electron chi connectivity index (χ1n) is 13.7. The number of phenolic OH excluding ortho intramolecular Hbond substituents is 1. The number of carbonyl (C=O) groups is 2. The van der Waals surface area contributed by atoms with E-state index >= 15 is 0 Å². The van der Waals surface area contributed by atoms with E-state index in [0.717, 1.165) is 62.7 Å². The molecule has 1 amide bonds. The molecule has 7 rings (SSSR count). The molecule has 220 valence electrons. The number of nitrogens with zero attached hydrogens (tertiary/aromatic N) is 5. The van der Waals surface area contributed by atoms with Gasteiger partial charge in [0.25, 0.3) is 5.91 Å². The van der Waals surface area contributed by atoms with Crippen LogP contribution >= 0.6 is 11.3 Å². The summed E-state index contributed by atoms with van der Waals surface area (Å²) in [5.74, 6) is -1.25. The first-order chi connectivity index (χ1) is 21.2. The molecule has 0 saturated heterocycles. The average Bonchev–Trinajstić information content (AvgIpc) is 3.75. The lowest BCUT2D eigenvalue weighted by Crippen LogP contribution is -2.13. The minimum atomic E-state index is -0.986. The third-order valence-electron chi connectivity index (χ3n) is 7.27. The number of aromatic hydroxyl groups is 1. The standard InChI is InChI=1S/C24H20N6S.C8H6FNO3/c1-14-13-27-24(31-14)20-10-9-19-23(29-20)30(17-8-7-15-4-2-5-16(15)12-17)22(28-19)18-6-3-11-26-21(18)25;9-6-2-7(12)4(3-11)1-5(6)8(10)13/h3,6-13H,2,4-5H2,1H3,(H2,25,26);1-3,12H,(H2,10,13). The van der Waals surface area contributed by atoms with Crippen LogP contribution < -0.4 is 11.5 Å². The maximum Gasteiger partial charge on any atom is 0.251 e. The Morgan fingerprint density at radius 3 is 2.61 bits per heavy atom. The van der Waals surface area contributed by atoms with Crippen LogP contribution in [-0.2, 0) is 12.8 Å². The maximum atomic E-state index is 12.8. The SMILES string of the molecule is Cc1cnc(-c2ccc3nc(-c4cccnc4N)n(-c4ccc5c(c4)CCC5)c3n2)s1.NC(=O)c1cc(C=O)c(O)cc1F.